The third-order valence-electron chi connectivity index (χ3n) is 2.99. The van der Waals surface area contributed by atoms with Crippen molar-refractivity contribution in [1.29, 1.82) is 0 Å². The van der Waals surface area contributed by atoms with E-state index in [9.17, 15) is 4.79 Å². The Balaban J connectivity index is 2.07. The standard InChI is InChI=1S/C14H19ClN4OS/c1-9(2)8-19-14(20)12(15)11(7-18-19)17-6-10(3)13-16-4-5-21-13/h4-5,7,9-10,17H,6,8H2,1-3H3. The summed E-state index contributed by atoms with van der Waals surface area (Å²) < 4.78 is 1.41. The van der Waals surface area contributed by atoms with E-state index in [0.29, 0.717) is 24.7 Å². The van der Waals surface area contributed by atoms with Crippen molar-refractivity contribution in [1.82, 2.24) is 14.8 Å². The van der Waals surface area contributed by atoms with Crippen LogP contribution in [0.1, 0.15) is 31.7 Å². The van der Waals surface area contributed by atoms with Gasteiger partial charge < -0.3 is 5.32 Å². The number of thiazole rings is 1. The Morgan fingerprint density at radius 2 is 2.19 bits per heavy atom. The highest BCUT2D eigenvalue weighted by molar-refractivity contribution is 7.09. The molecule has 1 unspecified atom stereocenters. The van der Waals surface area contributed by atoms with Gasteiger partial charge in [-0.25, -0.2) is 9.67 Å². The Morgan fingerprint density at radius 3 is 2.81 bits per heavy atom. The van der Waals surface area contributed by atoms with Gasteiger partial charge in [0, 0.05) is 30.6 Å². The molecule has 0 amide bonds. The summed E-state index contributed by atoms with van der Waals surface area (Å²) in [6.45, 7) is 7.36. The molecule has 0 aliphatic heterocycles. The van der Waals surface area contributed by atoms with Gasteiger partial charge in [0.25, 0.3) is 5.56 Å². The molecule has 2 rings (SSSR count). The highest BCUT2D eigenvalue weighted by atomic mass is 35.5. The predicted octanol–water partition coefficient (Wildman–Crippen LogP) is 3.22. The summed E-state index contributed by atoms with van der Waals surface area (Å²) in [5, 5.41) is 10.5. The molecular weight excluding hydrogens is 308 g/mol. The fourth-order valence-electron chi connectivity index (χ4n) is 1.89. The molecule has 114 valence electrons. The maximum atomic E-state index is 12.1. The topological polar surface area (TPSA) is 59.8 Å². The minimum absolute atomic E-state index is 0.192. The molecule has 0 aliphatic carbocycles. The summed E-state index contributed by atoms with van der Waals surface area (Å²) in [4.78, 5) is 16.4. The lowest BCUT2D eigenvalue weighted by molar-refractivity contribution is 0.464. The van der Waals surface area contributed by atoms with Crippen molar-refractivity contribution in [3.8, 4) is 0 Å². The zero-order valence-corrected chi connectivity index (χ0v) is 13.9. The Morgan fingerprint density at radius 1 is 1.43 bits per heavy atom. The van der Waals surface area contributed by atoms with Crippen LogP contribution in [0.15, 0.2) is 22.6 Å². The van der Waals surface area contributed by atoms with Crippen molar-refractivity contribution in [3.05, 3.63) is 38.2 Å². The van der Waals surface area contributed by atoms with Crippen molar-refractivity contribution in [2.24, 2.45) is 5.92 Å². The van der Waals surface area contributed by atoms with Crippen LogP contribution in [0, 0.1) is 5.92 Å². The van der Waals surface area contributed by atoms with E-state index in [1.807, 2.05) is 19.2 Å². The van der Waals surface area contributed by atoms with E-state index < -0.39 is 0 Å². The van der Waals surface area contributed by atoms with Gasteiger partial charge >= 0.3 is 0 Å². The highest BCUT2D eigenvalue weighted by Crippen LogP contribution is 2.20. The summed E-state index contributed by atoms with van der Waals surface area (Å²) in [6.07, 6.45) is 3.40. The average Bonchev–Trinajstić information content (AvgIpc) is 2.96. The van der Waals surface area contributed by atoms with Crippen molar-refractivity contribution in [3.63, 3.8) is 0 Å². The molecule has 0 spiro atoms. The fraction of sp³-hybridized carbons (Fsp3) is 0.500. The van der Waals surface area contributed by atoms with Gasteiger partial charge in [0.15, 0.2) is 0 Å². The van der Waals surface area contributed by atoms with Crippen LogP contribution in [0.25, 0.3) is 0 Å². The van der Waals surface area contributed by atoms with Crippen LogP contribution >= 0.6 is 22.9 Å². The Bertz CT molecular complexity index is 639. The van der Waals surface area contributed by atoms with Crippen molar-refractivity contribution in [2.45, 2.75) is 33.2 Å². The van der Waals surface area contributed by atoms with Crippen molar-refractivity contribution in [2.75, 3.05) is 11.9 Å². The molecule has 0 bridgehead atoms. The van der Waals surface area contributed by atoms with E-state index in [1.165, 1.54) is 4.68 Å². The second-order valence-corrected chi connectivity index (χ2v) is 6.71. The van der Waals surface area contributed by atoms with Gasteiger partial charge in [-0.05, 0) is 5.92 Å². The fourth-order valence-corrected chi connectivity index (χ4v) is 2.80. The van der Waals surface area contributed by atoms with Crippen LogP contribution < -0.4 is 10.9 Å². The maximum absolute atomic E-state index is 12.1. The molecule has 2 aromatic heterocycles. The summed E-state index contributed by atoms with van der Waals surface area (Å²) in [5.41, 5.74) is 0.322. The number of nitrogens with one attached hydrogen (secondary N) is 1. The Kier molecular flexibility index (Phi) is 5.36. The van der Waals surface area contributed by atoms with Crippen LogP contribution in [-0.2, 0) is 6.54 Å². The summed E-state index contributed by atoms with van der Waals surface area (Å²) in [5.74, 6) is 0.592. The highest BCUT2D eigenvalue weighted by Gasteiger charge is 2.12. The minimum Gasteiger partial charge on any atom is -0.382 e. The van der Waals surface area contributed by atoms with Gasteiger partial charge in [-0.15, -0.1) is 11.3 Å². The van der Waals surface area contributed by atoms with Gasteiger partial charge in [0.2, 0.25) is 0 Å². The van der Waals surface area contributed by atoms with Gasteiger partial charge in [-0.2, -0.15) is 5.10 Å². The normalized spacial score (nSPS) is 12.6. The summed E-state index contributed by atoms with van der Waals surface area (Å²) in [7, 11) is 0. The number of halogens is 1. The molecule has 21 heavy (non-hydrogen) atoms. The molecule has 1 N–H and O–H groups in total. The molecule has 5 nitrogen and oxygen atoms in total. The second-order valence-electron chi connectivity index (χ2n) is 5.41. The van der Waals surface area contributed by atoms with Crippen LogP contribution in [0.4, 0.5) is 5.69 Å². The number of rotatable bonds is 6. The van der Waals surface area contributed by atoms with Gasteiger partial charge in [0.1, 0.15) is 5.02 Å². The van der Waals surface area contributed by atoms with Crippen molar-refractivity contribution < 1.29 is 0 Å². The third kappa shape index (κ3) is 4.04. The zero-order chi connectivity index (χ0) is 15.4. The van der Waals surface area contributed by atoms with E-state index in [1.54, 1.807) is 23.7 Å². The molecule has 0 aromatic carbocycles. The first kappa shape index (κ1) is 16.0. The van der Waals surface area contributed by atoms with Gasteiger partial charge in [-0.3, -0.25) is 4.79 Å². The van der Waals surface area contributed by atoms with Gasteiger partial charge in [0.05, 0.1) is 16.9 Å². The first-order chi connectivity index (χ1) is 9.99. The molecule has 2 aromatic rings. The maximum Gasteiger partial charge on any atom is 0.287 e. The lowest BCUT2D eigenvalue weighted by Gasteiger charge is -2.13. The molecule has 0 fully saturated rings. The average molecular weight is 327 g/mol. The molecule has 2 heterocycles. The Labute approximate surface area is 133 Å². The summed E-state index contributed by atoms with van der Waals surface area (Å²) >= 11 is 7.76. The van der Waals surface area contributed by atoms with Crippen LogP contribution in [-0.4, -0.2) is 21.3 Å². The first-order valence-electron chi connectivity index (χ1n) is 6.88. The van der Waals surface area contributed by atoms with E-state index in [4.69, 9.17) is 11.6 Å². The number of aromatic nitrogens is 3. The lowest BCUT2D eigenvalue weighted by atomic mass is 10.2. The zero-order valence-electron chi connectivity index (χ0n) is 12.3. The SMILES string of the molecule is CC(C)Cn1ncc(NCC(C)c2nccs2)c(Cl)c1=O. The third-order valence-corrected chi connectivity index (χ3v) is 4.37. The molecule has 0 radical (unpaired) electrons. The van der Waals surface area contributed by atoms with Crippen LogP contribution in [0.3, 0.4) is 0 Å². The lowest BCUT2D eigenvalue weighted by Crippen LogP contribution is -2.26. The molecule has 1 atom stereocenters. The van der Waals surface area contributed by atoms with Crippen LogP contribution in [0.2, 0.25) is 5.02 Å². The van der Waals surface area contributed by atoms with E-state index in [2.05, 4.69) is 22.3 Å². The summed E-state index contributed by atoms with van der Waals surface area (Å²) in [6, 6.07) is 0. The van der Waals surface area contributed by atoms with Gasteiger partial charge in [-0.1, -0.05) is 32.4 Å². The minimum atomic E-state index is -0.253. The number of hydrogen-bond donors (Lipinski definition) is 1. The van der Waals surface area contributed by atoms with Crippen molar-refractivity contribution >= 4 is 28.6 Å². The largest absolute Gasteiger partial charge is 0.382 e. The first-order valence-corrected chi connectivity index (χ1v) is 8.13. The van der Waals surface area contributed by atoms with E-state index >= 15 is 0 Å². The number of hydrogen-bond acceptors (Lipinski definition) is 5. The van der Waals surface area contributed by atoms with E-state index in [-0.39, 0.29) is 16.5 Å². The Hall–Kier alpha value is -1.40. The number of nitrogens with zero attached hydrogens (tertiary/aromatic N) is 3. The van der Waals surface area contributed by atoms with E-state index in [0.717, 1.165) is 5.01 Å². The quantitative estimate of drug-likeness (QED) is 0.885. The molecule has 0 aliphatic rings. The molecule has 0 saturated carbocycles. The molecule has 0 saturated heterocycles. The monoisotopic (exact) mass is 326 g/mol. The smallest absolute Gasteiger partial charge is 0.287 e. The molecule has 7 heteroatoms. The predicted molar refractivity (Wildman–Crippen MR) is 87.4 cm³/mol. The second kappa shape index (κ2) is 7.04. The number of anilines is 1. The van der Waals surface area contributed by atoms with Crippen LogP contribution in [0.5, 0.6) is 0 Å². The molecular formula is C14H19ClN4OS.